The van der Waals surface area contributed by atoms with Crippen LogP contribution < -0.4 is 10.6 Å². The predicted octanol–water partition coefficient (Wildman–Crippen LogP) is 5.65. The Morgan fingerprint density at radius 3 is 2.26 bits per heavy atom. The van der Waals surface area contributed by atoms with Gasteiger partial charge in [0, 0.05) is 22.6 Å². The number of carbonyl (C=O) groups excluding carboxylic acids is 2. The number of aliphatic carboxylic acids is 1. The summed E-state index contributed by atoms with van der Waals surface area (Å²) in [6.45, 7) is 2.00. The number of rotatable bonds is 8. The number of fused-ring (bicyclic) bond motifs is 3. The van der Waals surface area contributed by atoms with Gasteiger partial charge in [0.15, 0.2) is 0 Å². The molecule has 4 rings (SSSR count). The molecule has 0 aromatic heterocycles. The van der Waals surface area contributed by atoms with Gasteiger partial charge in [0.2, 0.25) is 0 Å². The molecule has 1 aliphatic rings. The standard InChI is InChI=1S/C27H25BrN2O5/c1-16(26(32)33)12-13-29-25(31)22-14-17(10-11-24(22)28)30-27(34)35-15-23-20-8-4-2-6-18(20)19-7-3-5-9-21(19)23/h2-11,14,16,23H,12-13,15H2,1H3,(H,29,31)(H,30,34)(H,32,33). The SMILES string of the molecule is CC(CCNC(=O)c1cc(NC(=O)OCC2c3ccccc3-c3ccccc32)ccc1Br)C(=O)O. The van der Waals surface area contributed by atoms with Gasteiger partial charge in [0.1, 0.15) is 6.61 Å². The Morgan fingerprint density at radius 2 is 1.63 bits per heavy atom. The van der Waals surface area contributed by atoms with Gasteiger partial charge in [-0.15, -0.1) is 0 Å². The average Bonchev–Trinajstić information content (AvgIpc) is 3.17. The summed E-state index contributed by atoms with van der Waals surface area (Å²) >= 11 is 3.35. The maximum Gasteiger partial charge on any atom is 0.411 e. The van der Waals surface area contributed by atoms with Gasteiger partial charge in [-0.25, -0.2) is 4.79 Å². The van der Waals surface area contributed by atoms with Gasteiger partial charge in [-0.3, -0.25) is 14.9 Å². The second-order valence-corrected chi connectivity index (χ2v) is 9.28. The van der Waals surface area contributed by atoms with Crippen LogP contribution in [0.2, 0.25) is 0 Å². The topological polar surface area (TPSA) is 105 Å². The van der Waals surface area contributed by atoms with Gasteiger partial charge in [0.25, 0.3) is 5.91 Å². The molecule has 35 heavy (non-hydrogen) atoms. The second-order valence-electron chi connectivity index (χ2n) is 8.43. The lowest BCUT2D eigenvalue weighted by atomic mass is 9.98. The fraction of sp³-hybridized carbons (Fsp3) is 0.222. The van der Waals surface area contributed by atoms with E-state index in [2.05, 4.69) is 50.8 Å². The summed E-state index contributed by atoms with van der Waals surface area (Å²) in [5.41, 5.74) is 5.29. The van der Waals surface area contributed by atoms with Crippen LogP contribution in [0.4, 0.5) is 10.5 Å². The van der Waals surface area contributed by atoms with Crippen LogP contribution in [0, 0.1) is 5.92 Å². The van der Waals surface area contributed by atoms with Crippen LogP contribution in [-0.2, 0) is 9.53 Å². The highest BCUT2D eigenvalue weighted by atomic mass is 79.9. The molecule has 0 saturated heterocycles. The van der Waals surface area contributed by atoms with E-state index in [1.54, 1.807) is 25.1 Å². The maximum atomic E-state index is 12.6. The van der Waals surface area contributed by atoms with Crippen molar-refractivity contribution in [3.05, 3.63) is 87.9 Å². The molecule has 0 radical (unpaired) electrons. The summed E-state index contributed by atoms with van der Waals surface area (Å²) in [5.74, 6) is -1.88. The zero-order valence-corrected chi connectivity index (χ0v) is 20.7. The van der Waals surface area contributed by atoms with E-state index in [4.69, 9.17) is 9.84 Å². The summed E-state index contributed by atoms with van der Waals surface area (Å²) in [5, 5.41) is 14.4. The van der Waals surface area contributed by atoms with E-state index in [0.29, 0.717) is 22.1 Å². The van der Waals surface area contributed by atoms with Crippen molar-refractivity contribution in [2.24, 2.45) is 5.92 Å². The molecule has 1 aliphatic carbocycles. The lowest BCUT2D eigenvalue weighted by molar-refractivity contribution is -0.141. The molecule has 3 aromatic carbocycles. The molecule has 3 N–H and O–H groups in total. The summed E-state index contributed by atoms with van der Waals surface area (Å²) in [6, 6.07) is 21.1. The molecule has 2 amide bonds. The van der Waals surface area contributed by atoms with E-state index < -0.39 is 18.0 Å². The smallest absolute Gasteiger partial charge is 0.411 e. The molecule has 180 valence electrons. The number of ether oxygens (including phenoxy) is 1. The van der Waals surface area contributed by atoms with Crippen LogP contribution in [-0.4, -0.2) is 36.2 Å². The minimum Gasteiger partial charge on any atom is -0.481 e. The third-order valence-electron chi connectivity index (χ3n) is 6.09. The Hall–Kier alpha value is -3.65. The van der Waals surface area contributed by atoms with Crippen molar-refractivity contribution < 1.29 is 24.2 Å². The summed E-state index contributed by atoms with van der Waals surface area (Å²) in [7, 11) is 0. The first-order valence-corrected chi connectivity index (χ1v) is 12.1. The molecule has 1 atom stereocenters. The van der Waals surface area contributed by atoms with E-state index in [1.165, 1.54) is 0 Å². The largest absolute Gasteiger partial charge is 0.481 e. The Balaban J connectivity index is 1.38. The zero-order valence-electron chi connectivity index (χ0n) is 19.1. The van der Waals surface area contributed by atoms with Crippen LogP contribution in [0.25, 0.3) is 11.1 Å². The fourth-order valence-electron chi connectivity index (χ4n) is 4.15. The molecule has 1 unspecified atom stereocenters. The minimum absolute atomic E-state index is 0.0485. The quantitative estimate of drug-likeness (QED) is 0.345. The number of carbonyl (C=O) groups is 3. The van der Waals surface area contributed by atoms with Crippen LogP contribution in [0.15, 0.2) is 71.2 Å². The first-order valence-electron chi connectivity index (χ1n) is 11.3. The van der Waals surface area contributed by atoms with E-state index >= 15 is 0 Å². The Labute approximate surface area is 211 Å². The van der Waals surface area contributed by atoms with Crippen LogP contribution in [0.1, 0.15) is 40.7 Å². The molecule has 0 heterocycles. The molecule has 3 aromatic rings. The molecule has 0 aliphatic heterocycles. The third-order valence-corrected chi connectivity index (χ3v) is 6.78. The summed E-state index contributed by atoms with van der Waals surface area (Å²) < 4.78 is 6.12. The van der Waals surface area contributed by atoms with Gasteiger partial charge in [-0.1, -0.05) is 55.5 Å². The minimum atomic E-state index is -0.908. The van der Waals surface area contributed by atoms with Crippen molar-refractivity contribution in [3.8, 4) is 11.1 Å². The molecule has 0 bridgehead atoms. The molecule has 8 heteroatoms. The maximum absolute atomic E-state index is 12.6. The Kier molecular flexibility index (Phi) is 7.51. The first kappa shape index (κ1) is 24.5. The molecule has 0 spiro atoms. The van der Waals surface area contributed by atoms with Crippen LogP contribution >= 0.6 is 15.9 Å². The third kappa shape index (κ3) is 5.54. The van der Waals surface area contributed by atoms with Crippen LogP contribution in [0.3, 0.4) is 0 Å². The van der Waals surface area contributed by atoms with Gasteiger partial charge >= 0.3 is 12.1 Å². The van der Waals surface area contributed by atoms with Gasteiger partial charge in [0.05, 0.1) is 11.5 Å². The molecule has 0 fully saturated rings. The van der Waals surface area contributed by atoms with E-state index in [1.807, 2.05) is 24.3 Å². The van der Waals surface area contributed by atoms with E-state index in [0.717, 1.165) is 22.3 Å². The number of hydrogen-bond acceptors (Lipinski definition) is 4. The number of carboxylic acids is 1. The van der Waals surface area contributed by atoms with Gasteiger partial charge in [-0.05, 0) is 62.8 Å². The number of carboxylic acid groups (broad SMARTS) is 1. The molecular formula is C27H25BrN2O5. The number of amides is 2. The van der Waals surface area contributed by atoms with Crippen molar-refractivity contribution in [3.63, 3.8) is 0 Å². The lowest BCUT2D eigenvalue weighted by Gasteiger charge is -2.15. The Morgan fingerprint density at radius 1 is 1.00 bits per heavy atom. The monoisotopic (exact) mass is 536 g/mol. The zero-order chi connectivity index (χ0) is 24.9. The number of hydrogen-bond donors (Lipinski definition) is 3. The normalized spacial score (nSPS) is 12.9. The van der Waals surface area contributed by atoms with Crippen molar-refractivity contribution in [2.75, 3.05) is 18.5 Å². The average molecular weight is 537 g/mol. The number of halogens is 1. The van der Waals surface area contributed by atoms with Crippen molar-refractivity contribution >= 4 is 39.6 Å². The number of anilines is 1. The van der Waals surface area contributed by atoms with Gasteiger partial charge < -0.3 is 15.2 Å². The van der Waals surface area contributed by atoms with Crippen molar-refractivity contribution in [1.29, 1.82) is 0 Å². The second kappa shape index (κ2) is 10.7. The highest BCUT2D eigenvalue weighted by Crippen LogP contribution is 2.44. The first-order chi connectivity index (χ1) is 16.8. The van der Waals surface area contributed by atoms with Crippen molar-refractivity contribution in [2.45, 2.75) is 19.3 Å². The molecular weight excluding hydrogens is 512 g/mol. The molecule has 0 saturated carbocycles. The summed E-state index contributed by atoms with van der Waals surface area (Å²) in [6.07, 6.45) is -0.299. The van der Waals surface area contributed by atoms with E-state index in [9.17, 15) is 14.4 Å². The lowest BCUT2D eigenvalue weighted by Crippen LogP contribution is -2.27. The van der Waals surface area contributed by atoms with Crippen LogP contribution in [0.5, 0.6) is 0 Å². The highest BCUT2D eigenvalue weighted by Gasteiger charge is 2.29. The molecule has 7 nitrogen and oxygen atoms in total. The van der Waals surface area contributed by atoms with Crippen molar-refractivity contribution in [1.82, 2.24) is 5.32 Å². The highest BCUT2D eigenvalue weighted by molar-refractivity contribution is 9.10. The summed E-state index contributed by atoms with van der Waals surface area (Å²) in [4.78, 5) is 36.1. The van der Waals surface area contributed by atoms with E-state index in [-0.39, 0.29) is 25.0 Å². The Bertz CT molecular complexity index is 1230. The predicted molar refractivity (Wildman–Crippen MR) is 137 cm³/mol. The number of nitrogens with one attached hydrogen (secondary N) is 2. The van der Waals surface area contributed by atoms with Gasteiger partial charge in [-0.2, -0.15) is 0 Å². The fourth-order valence-corrected chi connectivity index (χ4v) is 4.58. The number of benzene rings is 3.